The monoisotopic (exact) mass is 594 g/mol. The standard InChI is InChI=1S/C24H23BrN2O7S2/c1-4-33-21(29)13-34-22-17(25)8-14(9-18(22)32-2)10-19-23(30)27(24(31)36-19)12-20(28)26-15-6-5-7-16(11-15)35-3/h5-11H,4,12-13H2,1-3H3,(H,26,28)/b19-10-. The normalized spacial score (nSPS) is 14.2. The summed E-state index contributed by atoms with van der Waals surface area (Å²) < 4.78 is 16.2. The third-order valence-electron chi connectivity index (χ3n) is 4.72. The van der Waals surface area contributed by atoms with Crippen LogP contribution in [0, 0.1) is 0 Å². The summed E-state index contributed by atoms with van der Waals surface area (Å²) in [6.07, 6.45) is 3.44. The van der Waals surface area contributed by atoms with Gasteiger partial charge in [-0.3, -0.25) is 19.3 Å². The van der Waals surface area contributed by atoms with E-state index in [0.29, 0.717) is 21.5 Å². The van der Waals surface area contributed by atoms with Crippen molar-refractivity contribution in [3.05, 3.63) is 51.3 Å². The van der Waals surface area contributed by atoms with Crippen LogP contribution in [0.15, 0.2) is 50.7 Å². The van der Waals surface area contributed by atoms with Crippen molar-refractivity contribution in [2.75, 3.05) is 38.4 Å². The number of carbonyl (C=O) groups excluding carboxylic acids is 4. The SMILES string of the molecule is CCOC(=O)COc1c(Br)cc(/C=C2\SC(=O)N(CC(=O)Nc3cccc(SC)c3)C2=O)cc1OC. The first-order chi connectivity index (χ1) is 17.2. The number of nitrogens with one attached hydrogen (secondary N) is 1. The van der Waals surface area contributed by atoms with Crippen LogP contribution < -0.4 is 14.8 Å². The van der Waals surface area contributed by atoms with E-state index in [0.717, 1.165) is 21.6 Å². The number of imide groups is 1. The van der Waals surface area contributed by atoms with Crippen molar-refractivity contribution in [2.45, 2.75) is 11.8 Å². The maximum Gasteiger partial charge on any atom is 0.344 e. The molecule has 0 radical (unpaired) electrons. The third kappa shape index (κ3) is 7.05. The molecule has 1 heterocycles. The number of benzene rings is 2. The molecule has 0 atom stereocenters. The van der Waals surface area contributed by atoms with Gasteiger partial charge >= 0.3 is 5.97 Å². The highest BCUT2D eigenvalue weighted by Gasteiger charge is 2.36. The molecule has 0 saturated carbocycles. The van der Waals surface area contributed by atoms with Crippen LogP contribution in [0.2, 0.25) is 0 Å². The Balaban J connectivity index is 1.72. The second-order valence-corrected chi connectivity index (χ2v) is 9.90. The van der Waals surface area contributed by atoms with Crippen LogP contribution >= 0.6 is 39.5 Å². The van der Waals surface area contributed by atoms with E-state index in [4.69, 9.17) is 14.2 Å². The smallest absolute Gasteiger partial charge is 0.344 e. The molecular weight excluding hydrogens is 572 g/mol. The highest BCUT2D eigenvalue weighted by atomic mass is 79.9. The lowest BCUT2D eigenvalue weighted by Gasteiger charge is -2.13. The van der Waals surface area contributed by atoms with Crippen molar-refractivity contribution in [3.63, 3.8) is 0 Å². The molecule has 0 aromatic heterocycles. The number of rotatable bonds is 10. The fraction of sp³-hybridized carbons (Fsp3) is 0.250. The Morgan fingerprint density at radius 3 is 2.69 bits per heavy atom. The zero-order chi connectivity index (χ0) is 26.2. The van der Waals surface area contributed by atoms with Gasteiger partial charge in [-0.2, -0.15) is 0 Å². The molecule has 1 aliphatic rings. The van der Waals surface area contributed by atoms with Gasteiger partial charge in [0.2, 0.25) is 5.91 Å². The zero-order valence-corrected chi connectivity index (χ0v) is 22.9. The number of amides is 3. The first-order valence-corrected chi connectivity index (χ1v) is 13.4. The van der Waals surface area contributed by atoms with Crippen LogP contribution in [0.1, 0.15) is 12.5 Å². The molecule has 3 rings (SSSR count). The number of halogens is 1. The minimum atomic E-state index is -0.573. The number of hydrogen-bond donors (Lipinski definition) is 1. The predicted molar refractivity (Wildman–Crippen MR) is 142 cm³/mol. The molecule has 1 saturated heterocycles. The van der Waals surface area contributed by atoms with Crippen molar-refractivity contribution < 1.29 is 33.4 Å². The Labute approximate surface area is 225 Å². The van der Waals surface area contributed by atoms with Gasteiger partial charge in [-0.1, -0.05) is 6.07 Å². The van der Waals surface area contributed by atoms with Gasteiger partial charge < -0.3 is 19.5 Å². The summed E-state index contributed by atoms with van der Waals surface area (Å²) in [7, 11) is 1.43. The first kappa shape index (κ1) is 27.6. The van der Waals surface area contributed by atoms with Gasteiger partial charge in [-0.25, -0.2) is 4.79 Å². The lowest BCUT2D eigenvalue weighted by Crippen LogP contribution is -2.36. The first-order valence-electron chi connectivity index (χ1n) is 10.6. The second-order valence-electron chi connectivity index (χ2n) is 7.18. The van der Waals surface area contributed by atoms with E-state index in [1.165, 1.54) is 24.9 Å². The number of carbonyl (C=O) groups is 4. The van der Waals surface area contributed by atoms with Crippen molar-refractivity contribution in [2.24, 2.45) is 0 Å². The molecule has 36 heavy (non-hydrogen) atoms. The van der Waals surface area contributed by atoms with Gasteiger partial charge in [0.15, 0.2) is 18.1 Å². The summed E-state index contributed by atoms with van der Waals surface area (Å²) >= 11 is 5.66. The summed E-state index contributed by atoms with van der Waals surface area (Å²) in [5.74, 6) is -0.978. The number of nitrogens with zero attached hydrogens (tertiary/aromatic N) is 1. The van der Waals surface area contributed by atoms with E-state index < -0.39 is 29.6 Å². The number of hydrogen-bond acceptors (Lipinski definition) is 9. The molecule has 0 spiro atoms. The number of esters is 1. The molecule has 0 unspecified atom stereocenters. The highest BCUT2D eigenvalue weighted by molar-refractivity contribution is 9.10. The van der Waals surface area contributed by atoms with Gasteiger partial charge in [0.1, 0.15) is 6.54 Å². The molecule has 2 aromatic rings. The molecule has 2 aromatic carbocycles. The van der Waals surface area contributed by atoms with E-state index in [1.54, 1.807) is 25.1 Å². The maximum absolute atomic E-state index is 12.9. The fourth-order valence-corrected chi connectivity index (χ4v) is 5.00. The average molecular weight is 595 g/mol. The van der Waals surface area contributed by atoms with Crippen LogP contribution in [-0.2, 0) is 19.1 Å². The van der Waals surface area contributed by atoms with Crippen LogP contribution in [0.25, 0.3) is 6.08 Å². The molecule has 0 bridgehead atoms. The molecule has 1 fully saturated rings. The number of anilines is 1. The molecule has 0 aliphatic carbocycles. The molecule has 12 heteroatoms. The summed E-state index contributed by atoms with van der Waals surface area (Å²) in [4.78, 5) is 51.5. The van der Waals surface area contributed by atoms with E-state index >= 15 is 0 Å². The zero-order valence-electron chi connectivity index (χ0n) is 19.7. The lowest BCUT2D eigenvalue weighted by molar-refractivity contribution is -0.145. The Bertz CT molecular complexity index is 1220. The molecular formula is C24H23BrN2O7S2. The lowest BCUT2D eigenvalue weighted by atomic mass is 10.2. The van der Waals surface area contributed by atoms with Crippen molar-refractivity contribution in [1.82, 2.24) is 4.90 Å². The van der Waals surface area contributed by atoms with Crippen LogP contribution in [0.3, 0.4) is 0 Å². The van der Waals surface area contributed by atoms with Gasteiger partial charge in [-0.15, -0.1) is 11.8 Å². The number of thioether (sulfide) groups is 2. The van der Waals surface area contributed by atoms with Crippen molar-refractivity contribution in [3.8, 4) is 11.5 Å². The minimum Gasteiger partial charge on any atom is -0.493 e. The molecule has 9 nitrogen and oxygen atoms in total. The maximum atomic E-state index is 12.9. The quantitative estimate of drug-likeness (QED) is 0.235. The molecule has 1 aliphatic heterocycles. The van der Waals surface area contributed by atoms with Crippen molar-refractivity contribution >= 4 is 74.2 Å². The number of ether oxygens (including phenoxy) is 3. The Morgan fingerprint density at radius 1 is 1.22 bits per heavy atom. The van der Waals surface area contributed by atoms with Gasteiger partial charge in [0.05, 0.1) is 23.1 Å². The Morgan fingerprint density at radius 2 is 2.00 bits per heavy atom. The van der Waals surface area contributed by atoms with E-state index in [-0.39, 0.29) is 23.9 Å². The fourth-order valence-electron chi connectivity index (χ4n) is 3.13. The van der Waals surface area contributed by atoms with E-state index in [1.807, 2.05) is 24.5 Å². The van der Waals surface area contributed by atoms with E-state index in [9.17, 15) is 19.2 Å². The summed E-state index contributed by atoms with van der Waals surface area (Å²) in [6.45, 7) is 1.23. The number of methoxy groups -OCH3 is 1. The highest BCUT2D eigenvalue weighted by Crippen LogP contribution is 2.39. The van der Waals surface area contributed by atoms with Crippen LogP contribution in [0.5, 0.6) is 11.5 Å². The summed E-state index contributed by atoms with van der Waals surface area (Å²) in [5.41, 5.74) is 1.13. The van der Waals surface area contributed by atoms with Crippen molar-refractivity contribution in [1.29, 1.82) is 0 Å². The average Bonchev–Trinajstić information content (AvgIpc) is 3.10. The molecule has 190 valence electrons. The Kier molecular flexibility index (Phi) is 9.85. The minimum absolute atomic E-state index is 0.159. The Hall–Kier alpha value is -2.96. The third-order valence-corrected chi connectivity index (χ3v) is 6.94. The molecule has 3 amide bonds. The summed E-state index contributed by atoms with van der Waals surface area (Å²) in [5, 5.41) is 2.17. The van der Waals surface area contributed by atoms with Gasteiger partial charge in [0.25, 0.3) is 11.1 Å². The predicted octanol–water partition coefficient (Wildman–Crippen LogP) is 4.80. The van der Waals surface area contributed by atoms with E-state index in [2.05, 4.69) is 21.2 Å². The van der Waals surface area contributed by atoms with Crippen LogP contribution in [0.4, 0.5) is 10.5 Å². The largest absolute Gasteiger partial charge is 0.493 e. The topological polar surface area (TPSA) is 111 Å². The van der Waals surface area contributed by atoms with Crippen LogP contribution in [-0.4, -0.2) is 61.0 Å². The van der Waals surface area contributed by atoms with Gasteiger partial charge in [-0.05, 0) is 82.8 Å². The second kappa shape index (κ2) is 12.8. The summed E-state index contributed by atoms with van der Waals surface area (Å²) in [6, 6.07) is 10.5. The van der Waals surface area contributed by atoms with Gasteiger partial charge in [0, 0.05) is 10.6 Å². The molecule has 1 N–H and O–H groups in total.